The largest absolute Gasteiger partial charge is 0.491 e. The molecule has 4 nitrogen and oxygen atoms in total. The van der Waals surface area contributed by atoms with Crippen LogP contribution in [0.15, 0.2) is 97.1 Å². The number of carbonyl (C=O) groups is 1. The summed E-state index contributed by atoms with van der Waals surface area (Å²) >= 11 is 6.04. The number of nitrogens with zero attached hydrogens (tertiary/aromatic N) is 1. The Labute approximate surface area is 216 Å². The number of halogens is 1. The smallest absolute Gasteiger partial charge is 0.343 e. The third-order valence-electron chi connectivity index (χ3n) is 5.71. The maximum absolute atomic E-state index is 12.6. The zero-order valence-corrected chi connectivity index (χ0v) is 20.9. The first-order valence-corrected chi connectivity index (χ1v) is 12.2. The predicted molar refractivity (Wildman–Crippen MR) is 143 cm³/mol. The van der Waals surface area contributed by atoms with Crippen molar-refractivity contribution in [1.82, 2.24) is 0 Å². The van der Waals surface area contributed by atoms with E-state index in [0.717, 1.165) is 34.4 Å². The van der Waals surface area contributed by atoms with E-state index in [0.29, 0.717) is 16.9 Å². The zero-order valence-electron chi connectivity index (χ0n) is 20.1. The van der Waals surface area contributed by atoms with Crippen molar-refractivity contribution in [1.29, 1.82) is 5.26 Å². The number of esters is 1. The van der Waals surface area contributed by atoms with Crippen molar-refractivity contribution in [3.63, 3.8) is 0 Å². The van der Waals surface area contributed by atoms with Crippen LogP contribution in [0.2, 0.25) is 0 Å². The van der Waals surface area contributed by atoms with Gasteiger partial charge in [-0.3, -0.25) is 0 Å². The van der Waals surface area contributed by atoms with Crippen molar-refractivity contribution >= 4 is 17.6 Å². The molecule has 180 valence electrons. The van der Waals surface area contributed by atoms with Crippen molar-refractivity contribution in [3.05, 3.63) is 108 Å². The molecule has 0 radical (unpaired) electrons. The van der Waals surface area contributed by atoms with E-state index in [9.17, 15) is 4.79 Å². The molecule has 36 heavy (non-hydrogen) atoms. The van der Waals surface area contributed by atoms with Gasteiger partial charge in [-0.1, -0.05) is 48.5 Å². The van der Waals surface area contributed by atoms with Gasteiger partial charge < -0.3 is 9.47 Å². The average Bonchev–Trinajstić information content (AvgIpc) is 2.89. The Morgan fingerprint density at radius 3 is 1.67 bits per heavy atom. The highest BCUT2D eigenvalue weighted by atomic mass is 35.5. The Morgan fingerprint density at radius 1 is 0.750 bits per heavy atom. The molecule has 0 N–H and O–H groups in total. The Balaban J connectivity index is 1.36. The van der Waals surface area contributed by atoms with Crippen LogP contribution in [-0.4, -0.2) is 17.5 Å². The highest BCUT2D eigenvalue weighted by molar-refractivity contribution is 6.20. The summed E-state index contributed by atoms with van der Waals surface area (Å²) < 4.78 is 11.5. The minimum absolute atomic E-state index is 0.0424. The highest BCUT2D eigenvalue weighted by Gasteiger charge is 2.11. The molecule has 0 saturated carbocycles. The van der Waals surface area contributed by atoms with E-state index in [1.54, 1.807) is 36.4 Å². The van der Waals surface area contributed by atoms with Crippen LogP contribution in [0.5, 0.6) is 11.5 Å². The Morgan fingerprint density at radius 2 is 1.19 bits per heavy atom. The molecular weight excluding hydrogens is 470 g/mol. The van der Waals surface area contributed by atoms with Gasteiger partial charge in [0.25, 0.3) is 0 Å². The maximum atomic E-state index is 12.6. The van der Waals surface area contributed by atoms with Crippen LogP contribution in [0.1, 0.15) is 36.2 Å². The number of benzene rings is 4. The first-order valence-electron chi connectivity index (χ1n) is 11.8. The molecule has 4 aromatic carbocycles. The van der Waals surface area contributed by atoms with E-state index >= 15 is 0 Å². The molecule has 0 spiro atoms. The molecule has 0 fully saturated rings. The first kappa shape index (κ1) is 25.0. The quantitative estimate of drug-likeness (QED) is 0.141. The molecule has 4 aromatic rings. The second kappa shape index (κ2) is 11.6. The summed E-state index contributed by atoms with van der Waals surface area (Å²) in [6.07, 6.45) is 0.822. The number of ether oxygens (including phenoxy) is 2. The summed E-state index contributed by atoms with van der Waals surface area (Å²) in [4.78, 5) is 12.6. The summed E-state index contributed by atoms with van der Waals surface area (Å²) in [5.41, 5.74) is 5.07. The molecule has 5 heteroatoms. The number of nitriles is 1. The van der Waals surface area contributed by atoms with Crippen molar-refractivity contribution in [2.45, 2.75) is 31.7 Å². The van der Waals surface area contributed by atoms with Gasteiger partial charge in [-0.05, 0) is 84.6 Å². The molecule has 0 aromatic heterocycles. The Hall–Kier alpha value is -4.07. The molecule has 0 bridgehead atoms. The van der Waals surface area contributed by atoms with E-state index in [1.165, 1.54) is 0 Å². The van der Waals surface area contributed by atoms with Crippen LogP contribution in [0.3, 0.4) is 0 Å². The predicted octanol–water partition coefficient (Wildman–Crippen LogP) is 7.90. The summed E-state index contributed by atoms with van der Waals surface area (Å²) in [7, 11) is 0. The van der Waals surface area contributed by atoms with Crippen molar-refractivity contribution in [3.8, 4) is 39.8 Å². The van der Waals surface area contributed by atoms with Crippen molar-refractivity contribution in [2.75, 3.05) is 0 Å². The topological polar surface area (TPSA) is 59.3 Å². The summed E-state index contributed by atoms with van der Waals surface area (Å²) in [6.45, 7) is 3.97. The van der Waals surface area contributed by atoms with Gasteiger partial charge in [-0.25, -0.2) is 4.79 Å². The first-order chi connectivity index (χ1) is 17.4. The summed E-state index contributed by atoms with van der Waals surface area (Å²) in [5.74, 6) is 0.850. The molecule has 0 aliphatic heterocycles. The fraction of sp³-hybridized carbons (Fsp3) is 0.161. The summed E-state index contributed by atoms with van der Waals surface area (Å²) in [5, 5.41) is 9.01. The van der Waals surface area contributed by atoms with Gasteiger partial charge in [0.15, 0.2) is 0 Å². The summed E-state index contributed by atoms with van der Waals surface area (Å²) in [6, 6.07) is 31.9. The van der Waals surface area contributed by atoms with Gasteiger partial charge in [0.05, 0.1) is 23.3 Å². The number of hydrogen-bond acceptors (Lipinski definition) is 4. The van der Waals surface area contributed by atoms with Crippen LogP contribution < -0.4 is 9.47 Å². The van der Waals surface area contributed by atoms with Crippen LogP contribution in [-0.2, 0) is 0 Å². The lowest BCUT2D eigenvalue weighted by Crippen LogP contribution is -2.15. The third kappa shape index (κ3) is 6.53. The average molecular weight is 496 g/mol. The molecule has 0 aliphatic rings. The minimum atomic E-state index is -0.418. The Kier molecular flexibility index (Phi) is 8.05. The second-order valence-corrected chi connectivity index (χ2v) is 9.39. The molecule has 4 rings (SSSR count). The van der Waals surface area contributed by atoms with E-state index in [4.69, 9.17) is 26.3 Å². The van der Waals surface area contributed by atoms with Crippen LogP contribution >= 0.6 is 11.6 Å². The van der Waals surface area contributed by atoms with Crippen LogP contribution in [0, 0.1) is 11.3 Å². The fourth-order valence-corrected chi connectivity index (χ4v) is 4.13. The van der Waals surface area contributed by atoms with E-state index in [2.05, 4.69) is 6.07 Å². The molecule has 2 atom stereocenters. The van der Waals surface area contributed by atoms with E-state index in [-0.39, 0.29) is 11.5 Å². The van der Waals surface area contributed by atoms with Crippen molar-refractivity contribution < 1.29 is 14.3 Å². The number of hydrogen-bond donors (Lipinski definition) is 0. The van der Waals surface area contributed by atoms with Crippen molar-refractivity contribution in [2.24, 2.45) is 0 Å². The molecule has 0 saturated heterocycles. The zero-order chi connectivity index (χ0) is 25.5. The lowest BCUT2D eigenvalue weighted by molar-refractivity contribution is 0.0735. The monoisotopic (exact) mass is 495 g/mol. The van der Waals surface area contributed by atoms with Gasteiger partial charge in [0.2, 0.25) is 0 Å². The van der Waals surface area contributed by atoms with E-state index in [1.807, 2.05) is 74.5 Å². The second-order valence-electron chi connectivity index (χ2n) is 8.65. The minimum Gasteiger partial charge on any atom is -0.491 e. The number of rotatable bonds is 8. The Bertz CT molecular complexity index is 1340. The lowest BCUT2D eigenvalue weighted by Gasteiger charge is -2.16. The van der Waals surface area contributed by atoms with Gasteiger partial charge in [0.1, 0.15) is 11.5 Å². The van der Waals surface area contributed by atoms with Gasteiger partial charge in [-0.15, -0.1) is 11.6 Å². The van der Waals surface area contributed by atoms with Crippen LogP contribution in [0.4, 0.5) is 0 Å². The third-order valence-corrected chi connectivity index (χ3v) is 5.89. The number of alkyl halides is 1. The maximum Gasteiger partial charge on any atom is 0.343 e. The molecule has 0 amide bonds. The fourth-order valence-electron chi connectivity index (χ4n) is 3.88. The molecule has 0 aliphatic carbocycles. The molecule has 0 heterocycles. The van der Waals surface area contributed by atoms with Gasteiger partial charge >= 0.3 is 5.97 Å². The normalized spacial score (nSPS) is 12.3. The van der Waals surface area contributed by atoms with E-state index < -0.39 is 5.97 Å². The van der Waals surface area contributed by atoms with Crippen LogP contribution in [0.25, 0.3) is 22.3 Å². The SMILES string of the molecule is CC(Cl)CC(C)Oc1ccc(-c2ccc(C(=O)Oc3ccc(-c4ccc(C#N)cc4)cc3)cc2)cc1. The number of carbonyl (C=O) groups excluding carboxylic acids is 1. The van der Waals surface area contributed by atoms with Gasteiger partial charge in [-0.2, -0.15) is 5.26 Å². The molecule has 2 unspecified atom stereocenters. The standard InChI is InChI=1S/C31H26ClNO3/c1-21(32)19-22(2)35-29-15-11-27(12-16-29)25-7-9-28(10-8-25)31(34)36-30-17-13-26(14-18-30)24-5-3-23(20-33)4-6-24/h3-18,21-22H,19H2,1-2H3. The highest BCUT2D eigenvalue weighted by Crippen LogP contribution is 2.26. The van der Waals surface area contributed by atoms with Gasteiger partial charge in [0, 0.05) is 11.8 Å². The lowest BCUT2D eigenvalue weighted by atomic mass is 10.0. The molecular formula is C31H26ClNO3.